The number of nitrogens with one attached hydrogen (secondary N) is 2. The molecule has 0 aliphatic heterocycles. The molecule has 0 saturated carbocycles. The second kappa shape index (κ2) is 8.62. The molecule has 0 bridgehead atoms. The SMILES string of the molecule is Cc1c(CCC(C)C)c(NCCC[NH+](C)C)n2c(nc3ccccc32)c1C#N. The summed E-state index contributed by atoms with van der Waals surface area (Å²) in [5, 5.41) is 13.6. The second-order valence-corrected chi connectivity index (χ2v) is 8.37. The van der Waals surface area contributed by atoms with Gasteiger partial charge in [-0.2, -0.15) is 5.26 Å². The third-order valence-corrected chi connectivity index (χ3v) is 5.35. The minimum absolute atomic E-state index is 0.616. The maximum absolute atomic E-state index is 9.88. The van der Waals surface area contributed by atoms with Crippen molar-refractivity contribution in [1.29, 1.82) is 5.26 Å². The number of rotatable bonds is 8. The van der Waals surface area contributed by atoms with Crippen LogP contribution in [0.3, 0.4) is 0 Å². The number of hydrogen-bond acceptors (Lipinski definition) is 3. The first-order valence-corrected chi connectivity index (χ1v) is 10.3. The summed E-state index contributed by atoms with van der Waals surface area (Å²) in [6.45, 7) is 8.60. The van der Waals surface area contributed by atoms with Crippen molar-refractivity contribution >= 4 is 22.5 Å². The number of fused-ring (bicyclic) bond motifs is 3. The normalized spacial score (nSPS) is 11.6. The van der Waals surface area contributed by atoms with E-state index in [4.69, 9.17) is 4.98 Å². The van der Waals surface area contributed by atoms with Gasteiger partial charge in [-0.3, -0.25) is 4.40 Å². The van der Waals surface area contributed by atoms with Gasteiger partial charge in [0, 0.05) is 13.0 Å². The molecule has 0 spiro atoms. The molecule has 2 N–H and O–H groups in total. The predicted molar refractivity (Wildman–Crippen MR) is 116 cm³/mol. The topological polar surface area (TPSA) is 57.6 Å². The molecule has 5 nitrogen and oxygen atoms in total. The van der Waals surface area contributed by atoms with Gasteiger partial charge in [0.2, 0.25) is 0 Å². The molecular weight excluding hydrogens is 346 g/mol. The van der Waals surface area contributed by atoms with E-state index in [9.17, 15) is 5.26 Å². The van der Waals surface area contributed by atoms with E-state index in [-0.39, 0.29) is 0 Å². The van der Waals surface area contributed by atoms with Gasteiger partial charge in [0.1, 0.15) is 11.9 Å². The summed E-state index contributed by atoms with van der Waals surface area (Å²) in [5.74, 6) is 1.72. The van der Waals surface area contributed by atoms with E-state index in [1.165, 1.54) is 10.5 Å². The lowest BCUT2D eigenvalue weighted by Gasteiger charge is -2.19. The minimum Gasteiger partial charge on any atom is -0.371 e. The fourth-order valence-corrected chi connectivity index (χ4v) is 3.76. The van der Waals surface area contributed by atoms with E-state index < -0.39 is 0 Å². The van der Waals surface area contributed by atoms with Gasteiger partial charge in [-0.25, -0.2) is 4.98 Å². The predicted octanol–water partition coefficient (Wildman–Crippen LogP) is 3.20. The Balaban J connectivity index is 2.18. The summed E-state index contributed by atoms with van der Waals surface area (Å²) in [4.78, 5) is 6.25. The molecule has 0 saturated heterocycles. The molecule has 5 heteroatoms. The highest BCUT2D eigenvalue weighted by Crippen LogP contribution is 2.32. The molecule has 3 aromatic rings. The van der Waals surface area contributed by atoms with E-state index >= 15 is 0 Å². The minimum atomic E-state index is 0.616. The highest BCUT2D eigenvalue weighted by atomic mass is 15.1. The quantitative estimate of drug-likeness (QED) is 0.592. The van der Waals surface area contributed by atoms with Crippen LogP contribution in [-0.2, 0) is 6.42 Å². The first-order valence-electron chi connectivity index (χ1n) is 10.3. The lowest BCUT2D eigenvalue weighted by molar-refractivity contribution is -0.858. The molecule has 0 aliphatic carbocycles. The van der Waals surface area contributed by atoms with Gasteiger partial charge in [-0.05, 0) is 48.9 Å². The van der Waals surface area contributed by atoms with Crippen LogP contribution in [0.1, 0.15) is 43.4 Å². The smallest absolute Gasteiger partial charge is 0.157 e. The summed E-state index contributed by atoms with van der Waals surface area (Å²) < 4.78 is 2.17. The molecule has 2 heterocycles. The van der Waals surface area contributed by atoms with Crippen molar-refractivity contribution < 1.29 is 4.90 Å². The molecular formula is C23H32N5+. The first kappa shape index (κ1) is 20.2. The summed E-state index contributed by atoms with van der Waals surface area (Å²) in [7, 11) is 4.36. The Morgan fingerprint density at radius 3 is 2.68 bits per heavy atom. The van der Waals surface area contributed by atoms with Crippen molar-refractivity contribution in [1.82, 2.24) is 9.38 Å². The fourth-order valence-electron chi connectivity index (χ4n) is 3.76. The third-order valence-electron chi connectivity index (χ3n) is 5.35. The molecule has 0 atom stereocenters. The van der Waals surface area contributed by atoms with E-state index in [0.29, 0.717) is 11.5 Å². The summed E-state index contributed by atoms with van der Waals surface area (Å²) in [5.41, 5.74) is 5.75. The van der Waals surface area contributed by atoms with Gasteiger partial charge in [0.15, 0.2) is 5.65 Å². The average Bonchev–Trinajstić information content (AvgIpc) is 3.03. The third kappa shape index (κ3) is 3.98. The van der Waals surface area contributed by atoms with Gasteiger partial charge in [-0.1, -0.05) is 26.0 Å². The number of hydrogen-bond donors (Lipinski definition) is 2. The Kier molecular flexibility index (Phi) is 6.21. The molecule has 2 aromatic heterocycles. The van der Waals surface area contributed by atoms with E-state index in [1.54, 1.807) is 0 Å². The van der Waals surface area contributed by atoms with E-state index in [1.807, 2.05) is 18.2 Å². The number of para-hydroxylation sites is 2. The molecule has 3 rings (SSSR count). The highest BCUT2D eigenvalue weighted by molar-refractivity contribution is 5.86. The van der Waals surface area contributed by atoms with Crippen molar-refractivity contribution in [2.45, 2.75) is 40.0 Å². The van der Waals surface area contributed by atoms with Gasteiger partial charge in [0.05, 0.1) is 37.2 Å². The number of aromatic nitrogens is 2. The Hall–Kier alpha value is -2.58. The lowest BCUT2D eigenvalue weighted by Crippen LogP contribution is -3.05. The Morgan fingerprint density at radius 2 is 2.00 bits per heavy atom. The van der Waals surface area contributed by atoms with Crippen LogP contribution in [0.4, 0.5) is 5.82 Å². The highest BCUT2D eigenvalue weighted by Gasteiger charge is 2.20. The van der Waals surface area contributed by atoms with Crippen molar-refractivity contribution in [2.75, 3.05) is 32.5 Å². The molecule has 148 valence electrons. The van der Waals surface area contributed by atoms with Crippen LogP contribution in [-0.4, -0.2) is 36.6 Å². The number of pyridine rings is 1. The van der Waals surface area contributed by atoms with Crippen molar-refractivity contribution in [3.63, 3.8) is 0 Å². The molecule has 0 aliphatic rings. The molecule has 28 heavy (non-hydrogen) atoms. The standard InChI is InChI=1S/C23H31N5/c1-16(2)11-12-18-17(3)19(15-24)23-26-20-9-6-7-10-21(20)28(23)22(18)25-13-8-14-27(4)5/h6-7,9-10,16,25H,8,11-14H2,1-5H3/p+1. The summed E-state index contributed by atoms with van der Waals surface area (Å²) in [6.07, 6.45) is 3.15. The van der Waals surface area contributed by atoms with Crippen molar-refractivity contribution in [2.24, 2.45) is 5.92 Å². The maximum atomic E-state index is 9.88. The Morgan fingerprint density at radius 1 is 1.25 bits per heavy atom. The fraction of sp³-hybridized carbons (Fsp3) is 0.478. The number of quaternary nitrogens is 1. The molecule has 1 aromatic carbocycles. The number of nitriles is 1. The zero-order chi connectivity index (χ0) is 20.3. The lowest BCUT2D eigenvalue weighted by atomic mass is 9.97. The van der Waals surface area contributed by atoms with Gasteiger partial charge < -0.3 is 10.2 Å². The van der Waals surface area contributed by atoms with Crippen LogP contribution in [0, 0.1) is 24.2 Å². The molecule has 0 radical (unpaired) electrons. The van der Waals surface area contributed by atoms with Crippen LogP contribution in [0.5, 0.6) is 0 Å². The van der Waals surface area contributed by atoms with Crippen LogP contribution in [0.2, 0.25) is 0 Å². The van der Waals surface area contributed by atoms with Crippen LogP contribution >= 0.6 is 0 Å². The summed E-state index contributed by atoms with van der Waals surface area (Å²) in [6, 6.07) is 10.6. The zero-order valence-corrected chi connectivity index (χ0v) is 17.8. The monoisotopic (exact) mass is 378 g/mol. The van der Waals surface area contributed by atoms with Gasteiger partial charge in [0.25, 0.3) is 0 Å². The van der Waals surface area contributed by atoms with Crippen LogP contribution in [0.25, 0.3) is 16.7 Å². The Bertz CT molecular complexity index is 1010. The van der Waals surface area contributed by atoms with E-state index in [0.717, 1.165) is 60.4 Å². The van der Waals surface area contributed by atoms with Crippen molar-refractivity contribution in [3.8, 4) is 6.07 Å². The number of nitrogens with zero attached hydrogens (tertiary/aromatic N) is 3. The first-order chi connectivity index (χ1) is 13.4. The van der Waals surface area contributed by atoms with Crippen LogP contribution < -0.4 is 10.2 Å². The molecule has 0 fully saturated rings. The average molecular weight is 379 g/mol. The molecule has 0 amide bonds. The Labute approximate surface area is 168 Å². The van der Waals surface area contributed by atoms with Crippen LogP contribution in [0.15, 0.2) is 24.3 Å². The number of imidazole rings is 1. The zero-order valence-electron chi connectivity index (χ0n) is 17.8. The van der Waals surface area contributed by atoms with Gasteiger partial charge >= 0.3 is 0 Å². The van der Waals surface area contributed by atoms with E-state index in [2.05, 4.69) is 56.7 Å². The molecule has 0 unspecified atom stereocenters. The number of benzene rings is 1. The number of anilines is 1. The van der Waals surface area contributed by atoms with Gasteiger partial charge in [-0.15, -0.1) is 0 Å². The largest absolute Gasteiger partial charge is 0.371 e. The maximum Gasteiger partial charge on any atom is 0.157 e. The summed E-state index contributed by atoms with van der Waals surface area (Å²) >= 11 is 0. The second-order valence-electron chi connectivity index (χ2n) is 8.37. The van der Waals surface area contributed by atoms with Crippen molar-refractivity contribution in [3.05, 3.63) is 41.0 Å².